The van der Waals surface area contributed by atoms with Gasteiger partial charge in [0.15, 0.2) is 0 Å². The number of nitrogens with one attached hydrogen (secondary N) is 1. The number of nitrogens with zero attached hydrogens (tertiary/aromatic N) is 1. The molecule has 0 saturated heterocycles. The van der Waals surface area contributed by atoms with E-state index in [-0.39, 0.29) is 12.6 Å². The number of alkyl halides is 1. The first-order chi connectivity index (χ1) is 5.18. The Labute approximate surface area is 66.6 Å². The average Bonchev–Trinajstić information content (AvgIpc) is 1.97. The van der Waals surface area contributed by atoms with E-state index in [0.29, 0.717) is 19.5 Å². The van der Waals surface area contributed by atoms with E-state index in [0.717, 1.165) is 0 Å². The number of hydrogen-bond acceptors (Lipinski definition) is 2. The predicted molar refractivity (Wildman–Crippen MR) is 42.2 cm³/mol. The van der Waals surface area contributed by atoms with Crippen LogP contribution in [0.2, 0.25) is 0 Å². The predicted octanol–water partition coefficient (Wildman–Crippen LogP) is 0.0238. The highest BCUT2D eigenvalue weighted by atomic mass is 19.1. The van der Waals surface area contributed by atoms with Gasteiger partial charge in [0.2, 0.25) is 5.91 Å². The van der Waals surface area contributed by atoms with E-state index in [9.17, 15) is 9.18 Å². The normalized spacial score (nSPS) is 9.73. The van der Waals surface area contributed by atoms with Gasteiger partial charge < -0.3 is 10.2 Å². The molecule has 0 bridgehead atoms. The van der Waals surface area contributed by atoms with Gasteiger partial charge in [0.25, 0.3) is 0 Å². The van der Waals surface area contributed by atoms with E-state index in [4.69, 9.17) is 0 Å². The van der Waals surface area contributed by atoms with Crippen LogP contribution in [0.25, 0.3) is 0 Å². The van der Waals surface area contributed by atoms with Crippen molar-refractivity contribution < 1.29 is 9.18 Å². The van der Waals surface area contributed by atoms with Crippen LogP contribution >= 0.6 is 0 Å². The first-order valence-electron chi connectivity index (χ1n) is 3.65. The van der Waals surface area contributed by atoms with Crippen molar-refractivity contribution >= 4 is 5.91 Å². The Morgan fingerprint density at radius 1 is 1.45 bits per heavy atom. The Morgan fingerprint density at radius 3 is 2.55 bits per heavy atom. The summed E-state index contributed by atoms with van der Waals surface area (Å²) in [7, 11) is 3.41. The molecule has 0 aliphatic heterocycles. The van der Waals surface area contributed by atoms with Crippen LogP contribution in [0.4, 0.5) is 4.39 Å². The maximum atomic E-state index is 11.5. The molecule has 0 fully saturated rings. The van der Waals surface area contributed by atoms with Gasteiger partial charge in [-0.25, -0.2) is 4.39 Å². The first-order valence-corrected chi connectivity index (χ1v) is 3.65. The summed E-state index contributed by atoms with van der Waals surface area (Å²) < 4.78 is 11.5. The number of carbonyl (C=O) groups is 1. The molecule has 0 unspecified atom stereocenters. The zero-order valence-electron chi connectivity index (χ0n) is 7.06. The monoisotopic (exact) mass is 162 g/mol. The van der Waals surface area contributed by atoms with Crippen LogP contribution < -0.4 is 5.32 Å². The number of hydrogen-bond donors (Lipinski definition) is 1. The molecule has 0 aromatic rings. The molecule has 11 heavy (non-hydrogen) atoms. The summed E-state index contributed by atoms with van der Waals surface area (Å²) in [6.07, 6.45) is 0.438. The van der Waals surface area contributed by atoms with E-state index in [1.54, 1.807) is 14.1 Å². The zero-order valence-corrected chi connectivity index (χ0v) is 7.06. The van der Waals surface area contributed by atoms with Crippen molar-refractivity contribution in [2.75, 3.05) is 33.9 Å². The minimum absolute atomic E-state index is 0.0661. The number of amides is 1. The zero-order chi connectivity index (χ0) is 8.69. The van der Waals surface area contributed by atoms with E-state index in [1.807, 2.05) is 0 Å². The molecule has 0 aliphatic rings. The fourth-order valence-electron chi connectivity index (χ4n) is 0.611. The second kappa shape index (κ2) is 6.09. The summed E-state index contributed by atoms with van der Waals surface area (Å²) in [5.74, 6) is 0.0661. The fourth-order valence-corrected chi connectivity index (χ4v) is 0.611. The summed E-state index contributed by atoms with van der Waals surface area (Å²) in [6.45, 7) is 0.512. The highest BCUT2D eigenvalue weighted by Gasteiger charge is 2.01. The van der Waals surface area contributed by atoms with Crippen molar-refractivity contribution in [2.24, 2.45) is 0 Å². The van der Waals surface area contributed by atoms with Crippen LogP contribution in [0, 0.1) is 0 Å². The van der Waals surface area contributed by atoms with E-state index in [1.165, 1.54) is 4.90 Å². The Morgan fingerprint density at radius 2 is 2.09 bits per heavy atom. The molecular weight excluding hydrogens is 147 g/mol. The quantitative estimate of drug-likeness (QED) is 0.578. The van der Waals surface area contributed by atoms with Gasteiger partial charge in [-0.2, -0.15) is 0 Å². The SMILES string of the molecule is CN(C)C(=O)CCNCCF. The standard InChI is InChI=1S/C7H15FN2O/c1-10(2)7(11)3-5-9-6-4-8/h9H,3-6H2,1-2H3. The lowest BCUT2D eigenvalue weighted by molar-refractivity contribution is -0.128. The third-order valence-corrected chi connectivity index (χ3v) is 1.29. The van der Waals surface area contributed by atoms with Crippen molar-refractivity contribution in [1.82, 2.24) is 10.2 Å². The van der Waals surface area contributed by atoms with Gasteiger partial charge in [-0.3, -0.25) is 4.79 Å². The Bertz CT molecular complexity index is 117. The van der Waals surface area contributed by atoms with Crippen LogP contribution in [0.3, 0.4) is 0 Å². The molecule has 0 atom stereocenters. The molecule has 1 amide bonds. The molecule has 0 saturated carbocycles. The molecule has 0 aromatic carbocycles. The van der Waals surface area contributed by atoms with E-state index < -0.39 is 0 Å². The van der Waals surface area contributed by atoms with Gasteiger partial charge >= 0.3 is 0 Å². The van der Waals surface area contributed by atoms with Crippen LogP contribution in [0.15, 0.2) is 0 Å². The second-order valence-corrected chi connectivity index (χ2v) is 2.48. The van der Waals surface area contributed by atoms with Crippen molar-refractivity contribution in [2.45, 2.75) is 6.42 Å². The summed E-state index contributed by atoms with van der Waals surface area (Å²) in [6, 6.07) is 0. The van der Waals surface area contributed by atoms with Gasteiger partial charge in [-0.1, -0.05) is 0 Å². The minimum Gasteiger partial charge on any atom is -0.349 e. The smallest absolute Gasteiger partial charge is 0.223 e. The van der Waals surface area contributed by atoms with Gasteiger partial charge in [-0.05, 0) is 0 Å². The molecule has 0 rings (SSSR count). The molecular formula is C7H15FN2O. The maximum Gasteiger partial charge on any atom is 0.223 e. The van der Waals surface area contributed by atoms with Crippen molar-refractivity contribution in [1.29, 1.82) is 0 Å². The average molecular weight is 162 g/mol. The highest BCUT2D eigenvalue weighted by molar-refractivity contribution is 5.75. The summed E-state index contributed by atoms with van der Waals surface area (Å²) in [5, 5.41) is 2.80. The third kappa shape index (κ3) is 5.79. The largest absolute Gasteiger partial charge is 0.349 e. The molecule has 0 spiro atoms. The third-order valence-electron chi connectivity index (χ3n) is 1.29. The van der Waals surface area contributed by atoms with Crippen LogP contribution in [0.5, 0.6) is 0 Å². The number of halogens is 1. The second-order valence-electron chi connectivity index (χ2n) is 2.48. The van der Waals surface area contributed by atoms with Gasteiger partial charge in [0.05, 0.1) is 0 Å². The van der Waals surface area contributed by atoms with Crippen LogP contribution in [-0.4, -0.2) is 44.7 Å². The number of rotatable bonds is 5. The topological polar surface area (TPSA) is 32.3 Å². The van der Waals surface area contributed by atoms with Crippen molar-refractivity contribution in [3.05, 3.63) is 0 Å². The van der Waals surface area contributed by atoms with Crippen LogP contribution in [0.1, 0.15) is 6.42 Å². The van der Waals surface area contributed by atoms with Gasteiger partial charge in [-0.15, -0.1) is 0 Å². The lowest BCUT2D eigenvalue weighted by Gasteiger charge is -2.09. The minimum atomic E-state index is -0.379. The summed E-state index contributed by atoms with van der Waals surface area (Å²) >= 11 is 0. The molecule has 3 nitrogen and oxygen atoms in total. The molecule has 1 N–H and O–H groups in total. The first kappa shape index (κ1) is 10.4. The summed E-state index contributed by atoms with van der Waals surface area (Å²) in [4.78, 5) is 12.4. The molecule has 0 heterocycles. The Balaban J connectivity index is 3.18. The van der Waals surface area contributed by atoms with Gasteiger partial charge in [0.1, 0.15) is 6.67 Å². The van der Waals surface area contributed by atoms with E-state index >= 15 is 0 Å². The van der Waals surface area contributed by atoms with Crippen LogP contribution in [-0.2, 0) is 4.79 Å². The fraction of sp³-hybridized carbons (Fsp3) is 0.857. The highest BCUT2D eigenvalue weighted by Crippen LogP contribution is 1.84. The lowest BCUT2D eigenvalue weighted by Crippen LogP contribution is -2.27. The Kier molecular flexibility index (Phi) is 5.74. The van der Waals surface area contributed by atoms with Crippen molar-refractivity contribution in [3.8, 4) is 0 Å². The van der Waals surface area contributed by atoms with E-state index in [2.05, 4.69) is 5.32 Å². The maximum absolute atomic E-state index is 11.5. The molecule has 0 aliphatic carbocycles. The Hall–Kier alpha value is -0.640. The molecule has 4 heteroatoms. The number of carbonyl (C=O) groups excluding carboxylic acids is 1. The molecule has 0 radical (unpaired) electrons. The van der Waals surface area contributed by atoms with Gasteiger partial charge in [0, 0.05) is 33.6 Å². The lowest BCUT2D eigenvalue weighted by atomic mass is 10.4. The molecule has 0 aromatic heterocycles. The molecule has 66 valence electrons. The summed E-state index contributed by atoms with van der Waals surface area (Å²) in [5.41, 5.74) is 0. The van der Waals surface area contributed by atoms with Crippen molar-refractivity contribution in [3.63, 3.8) is 0 Å².